The van der Waals surface area contributed by atoms with Crippen molar-refractivity contribution in [3.63, 3.8) is 0 Å². The smallest absolute Gasteiger partial charge is 0.226 e. The van der Waals surface area contributed by atoms with E-state index in [2.05, 4.69) is 13.8 Å². The van der Waals surface area contributed by atoms with Gasteiger partial charge in [-0.2, -0.15) is 0 Å². The number of hydrogen-bond acceptors (Lipinski definition) is 3. The molecule has 18 heavy (non-hydrogen) atoms. The van der Waals surface area contributed by atoms with Gasteiger partial charge in [0, 0.05) is 26.7 Å². The summed E-state index contributed by atoms with van der Waals surface area (Å²) in [7, 11) is -1.39. The van der Waals surface area contributed by atoms with Crippen molar-refractivity contribution in [1.29, 1.82) is 0 Å². The highest BCUT2D eigenvalue weighted by atomic mass is 32.2. The standard InChI is InChI=1S/C12H24N2O3S/c1-10(2)8-13(3)12(15)11-6-5-7-14(9-11)18(4,16)17/h10-11H,5-9H2,1-4H3. The minimum Gasteiger partial charge on any atom is -0.345 e. The summed E-state index contributed by atoms with van der Waals surface area (Å²) in [6, 6.07) is 0. The van der Waals surface area contributed by atoms with E-state index in [4.69, 9.17) is 0 Å². The summed E-state index contributed by atoms with van der Waals surface area (Å²) >= 11 is 0. The maximum atomic E-state index is 12.2. The number of hydrogen-bond donors (Lipinski definition) is 0. The van der Waals surface area contributed by atoms with Crippen LogP contribution in [0.25, 0.3) is 0 Å². The van der Waals surface area contributed by atoms with Gasteiger partial charge in [0.05, 0.1) is 12.2 Å². The van der Waals surface area contributed by atoms with Crippen LogP contribution in [0.3, 0.4) is 0 Å². The number of carbonyl (C=O) groups is 1. The van der Waals surface area contributed by atoms with Gasteiger partial charge in [-0.05, 0) is 18.8 Å². The van der Waals surface area contributed by atoms with Crippen LogP contribution >= 0.6 is 0 Å². The summed E-state index contributed by atoms with van der Waals surface area (Å²) in [5.74, 6) is 0.308. The fraction of sp³-hybridized carbons (Fsp3) is 0.917. The molecule has 0 spiro atoms. The molecule has 0 aromatic carbocycles. The first-order chi connectivity index (χ1) is 8.21. The van der Waals surface area contributed by atoms with Gasteiger partial charge in [-0.1, -0.05) is 13.8 Å². The average Bonchev–Trinajstić information content (AvgIpc) is 2.26. The van der Waals surface area contributed by atoms with E-state index in [1.807, 2.05) is 0 Å². The lowest BCUT2D eigenvalue weighted by Gasteiger charge is -2.32. The van der Waals surface area contributed by atoms with Crippen LogP contribution in [0.4, 0.5) is 0 Å². The number of piperidine rings is 1. The van der Waals surface area contributed by atoms with Crippen molar-refractivity contribution in [2.45, 2.75) is 26.7 Å². The summed E-state index contributed by atoms with van der Waals surface area (Å²) in [4.78, 5) is 13.9. The molecule has 1 atom stereocenters. The van der Waals surface area contributed by atoms with Gasteiger partial charge in [-0.15, -0.1) is 0 Å². The fourth-order valence-electron chi connectivity index (χ4n) is 2.39. The van der Waals surface area contributed by atoms with Gasteiger partial charge in [0.1, 0.15) is 0 Å². The lowest BCUT2D eigenvalue weighted by atomic mass is 9.98. The zero-order chi connectivity index (χ0) is 13.9. The molecule has 0 saturated carbocycles. The molecule has 1 aliphatic rings. The van der Waals surface area contributed by atoms with Gasteiger partial charge in [0.2, 0.25) is 15.9 Å². The van der Waals surface area contributed by atoms with Crippen LogP contribution in [-0.2, 0) is 14.8 Å². The monoisotopic (exact) mass is 276 g/mol. The molecule has 0 N–H and O–H groups in total. The third-order valence-corrected chi connectivity index (χ3v) is 4.49. The molecule has 0 bridgehead atoms. The van der Waals surface area contributed by atoms with Gasteiger partial charge in [0.25, 0.3) is 0 Å². The Balaban J connectivity index is 2.64. The molecular formula is C12H24N2O3S. The summed E-state index contributed by atoms with van der Waals surface area (Å²) in [6.07, 6.45) is 2.75. The van der Waals surface area contributed by atoms with Gasteiger partial charge in [0.15, 0.2) is 0 Å². The Bertz CT molecular complexity index is 392. The Hall–Kier alpha value is -0.620. The van der Waals surface area contributed by atoms with Crippen LogP contribution in [0.15, 0.2) is 0 Å². The van der Waals surface area contributed by atoms with Gasteiger partial charge >= 0.3 is 0 Å². The van der Waals surface area contributed by atoms with Gasteiger partial charge in [-0.3, -0.25) is 4.79 Å². The molecule has 0 aromatic rings. The molecule has 1 amide bonds. The molecule has 1 saturated heterocycles. The number of rotatable bonds is 4. The Morgan fingerprint density at radius 1 is 1.44 bits per heavy atom. The van der Waals surface area contributed by atoms with E-state index in [0.29, 0.717) is 25.6 Å². The van der Waals surface area contributed by atoms with Crippen molar-refractivity contribution >= 4 is 15.9 Å². The molecule has 0 radical (unpaired) electrons. The second kappa shape index (κ2) is 6.02. The molecule has 1 rings (SSSR count). The molecule has 0 aromatic heterocycles. The third-order valence-electron chi connectivity index (χ3n) is 3.22. The van der Waals surface area contributed by atoms with Crippen LogP contribution in [0.5, 0.6) is 0 Å². The Labute approximate surface area is 110 Å². The molecule has 5 nitrogen and oxygen atoms in total. The van der Waals surface area contributed by atoms with Gasteiger partial charge < -0.3 is 4.90 Å². The first-order valence-corrected chi connectivity index (χ1v) is 8.26. The first kappa shape index (κ1) is 15.4. The molecular weight excluding hydrogens is 252 g/mol. The largest absolute Gasteiger partial charge is 0.345 e. The van der Waals surface area contributed by atoms with Crippen molar-refractivity contribution in [3.8, 4) is 0 Å². The lowest BCUT2D eigenvalue weighted by molar-refractivity contribution is -0.135. The second-order valence-corrected chi connectivity index (χ2v) is 7.56. The van der Waals surface area contributed by atoms with Crippen molar-refractivity contribution in [3.05, 3.63) is 0 Å². The van der Waals surface area contributed by atoms with Crippen LogP contribution < -0.4 is 0 Å². The number of sulfonamides is 1. The Kier molecular flexibility index (Phi) is 5.16. The minimum atomic E-state index is -3.18. The van der Waals surface area contributed by atoms with E-state index >= 15 is 0 Å². The SMILES string of the molecule is CC(C)CN(C)C(=O)C1CCCN(S(C)(=O)=O)C1. The van der Waals surface area contributed by atoms with Crippen molar-refractivity contribution in [1.82, 2.24) is 9.21 Å². The highest BCUT2D eigenvalue weighted by Crippen LogP contribution is 2.20. The minimum absolute atomic E-state index is 0.0667. The predicted molar refractivity (Wildman–Crippen MR) is 71.6 cm³/mol. The predicted octanol–water partition coefficient (Wildman–Crippen LogP) is 0.772. The lowest BCUT2D eigenvalue weighted by Crippen LogP contribution is -2.46. The fourth-order valence-corrected chi connectivity index (χ4v) is 3.31. The van der Waals surface area contributed by atoms with E-state index in [-0.39, 0.29) is 11.8 Å². The molecule has 1 heterocycles. The second-order valence-electron chi connectivity index (χ2n) is 5.57. The topological polar surface area (TPSA) is 57.7 Å². The van der Waals surface area contributed by atoms with Crippen molar-refractivity contribution in [2.24, 2.45) is 11.8 Å². The molecule has 0 aliphatic carbocycles. The molecule has 1 aliphatic heterocycles. The summed E-state index contributed by atoms with van der Waals surface area (Å²) < 4.78 is 24.4. The molecule has 106 valence electrons. The summed E-state index contributed by atoms with van der Waals surface area (Å²) in [6.45, 7) is 5.71. The molecule has 1 unspecified atom stereocenters. The number of carbonyl (C=O) groups excluding carboxylic acids is 1. The molecule has 1 fully saturated rings. The number of amides is 1. The quantitative estimate of drug-likeness (QED) is 0.762. The average molecular weight is 276 g/mol. The zero-order valence-electron chi connectivity index (χ0n) is 11.7. The van der Waals surface area contributed by atoms with Crippen LogP contribution in [0.1, 0.15) is 26.7 Å². The van der Waals surface area contributed by atoms with E-state index in [1.165, 1.54) is 10.6 Å². The highest BCUT2D eigenvalue weighted by molar-refractivity contribution is 7.88. The summed E-state index contributed by atoms with van der Waals surface area (Å²) in [5, 5.41) is 0. The van der Waals surface area contributed by atoms with Crippen LogP contribution in [-0.4, -0.2) is 56.5 Å². The van der Waals surface area contributed by atoms with Crippen LogP contribution in [0, 0.1) is 11.8 Å². The number of nitrogens with zero attached hydrogens (tertiary/aromatic N) is 2. The Morgan fingerprint density at radius 2 is 2.06 bits per heavy atom. The first-order valence-electron chi connectivity index (χ1n) is 6.42. The van der Waals surface area contributed by atoms with E-state index in [9.17, 15) is 13.2 Å². The third kappa shape index (κ3) is 4.24. The van der Waals surface area contributed by atoms with Crippen molar-refractivity contribution in [2.75, 3.05) is 32.9 Å². The normalized spacial score (nSPS) is 22.2. The van der Waals surface area contributed by atoms with Gasteiger partial charge in [-0.25, -0.2) is 12.7 Å². The van der Waals surface area contributed by atoms with E-state index < -0.39 is 10.0 Å². The highest BCUT2D eigenvalue weighted by Gasteiger charge is 2.31. The zero-order valence-corrected chi connectivity index (χ0v) is 12.5. The van der Waals surface area contributed by atoms with Crippen molar-refractivity contribution < 1.29 is 13.2 Å². The van der Waals surface area contributed by atoms with E-state index in [0.717, 1.165) is 12.8 Å². The maximum absolute atomic E-state index is 12.2. The Morgan fingerprint density at radius 3 is 2.56 bits per heavy atom. The maximum Gasteiger partial charge on any atom is 0.226 e. The van der Waals surface area contributed by atoms with E-state index in [1.54, 1.807) is 11.9 Å². The summed E-state index contributed by atoms with van der Waals surface area (Å²) in [5.41, 5.74) is 0. The molecule has 6 heteroatoms. The van der Waals surface area contributed by atoms with Crippen LogP contribution in [0.2, 0.25) is 0 Å².